The van der Waals surface area contributed by atoms with Crippen LogP contribution in [0.4, 0.5) is 5.69 Å². The summed E-state index contributed by atoms with van der Waals surface area (Å²) in [5.41, 5.74) is 0.606. The van der Waals surface area contributed by atoms with Gasteiger partial charge in [-0.2, -0.15) is 4.31 Å². The van der Waals surface area contributed by atoms with Crippen molar-refractivity contribution in [3.63, 3.8) is 0 Å². The molecule has 6 nitrogen and oxygen atoms in total. The molecule has 1 atom stereocenters. The number of hydrogen-bond acceptors (Lipinski definition) is 4. The van der Waals surface area contributed by atoms with Crippen LogP contribution in [0.5, 0.6) is 0 Å². The first-order valence-electron chi connectivity index (χ1n) is 9.23. The molecule has 1 aromatic heterocycles. The summed E-state index contributed by atoms with van der Waals surface area (Å²) in [6, 6.07) is 10.3. The third-order valence-corrected chi connectivity index (χ3v) is 7.55. The second-order valence-electron chi connectivity index (χ2n) is 6.79. The average Bonchev–Trinajstić information content (AvgIpc) is 3.21. The largest absolute Gasteiger partial charge is 0.332 e. The van der Waals surface area contributed by atoms with E-state index in [0.717, 1.165) is 25.8 Å². The Balaban J connectivity index is 1.57. The number of nitrogens with two attached hydrogens (primary N) is 1. The molecule has 1 aliphatic heterocycles. The predicted octanol–water partition coefficient (Wildman–Crippen LogP) is 2.01. The van der Waals surface area contributed by atoms with Gasteiger partial charge in [-0.3, -0.25) is 4.79 Å². The third kappa shape index (κ3) is 5.16. The van der Waals surface area contributed by atoms with E-state index in [1.54, 1.807) is 39.9 Å². The zero-order valence-corrected chi connectivity index (χ0v) is 17.1. The molecule has 3 rings (SSSR count). The van der Waals surface area contributed by atoms with Gasteiger partial charge in [0.05, 0.1) is 9.77 Å². The Morgan fingerprint density at radius 3 is 2.52 bits per heavy atom. The Hall–Kier alpha value is -1.74. The molecular weight excluding hydrogens is 382 g/mol. The van der Waals surface area contributed by atoms with Crippen LogP contribution in [0.3, 0.4) is 0 Å². The van der Waals surface area contributed by atoms with Crippen molar-refractivity contribution in [2.75, 3.05) is 18.4 Å². The number of piperidine rings is 1. The van der Waals surface area contributed by atoms with Gasteiger partial charge < -0.3 is 10.6 Å². The van der Waals surface area contributed by atoms with Crippen LogP contribution in [0.1, 0.15) is 31.1 Å². The Morgan fingerprint density at radius 2 is 1.89 bits per heavy atom. The van der Waals surface area contributed by atoms with Crippen LogP contribution >= 0.6 is 11.3 Å². The number of quaternary nitrogens is 1. The van der Waals surface area contributed by atoms with Gasteiger partial charge >= 0.3 is 0 Å². The number of hydrogen-bond donors (Lipinski definition) is 2. The fourth-order valence-corrected chi connectivity index (χ4v) is 5.25. The third-order valence-electron chi connectivity index (χ3n) is 4.74. The van der Waals surface area contributed by atoms with Gasteiger partial charge in [-0.05, 0) is 55.5 Å². The van der Waals surface area contributed by atoms with Crippen LogP contribution in [0.2, 0.25) is 0 Å². The summed E-state index contributed by atoms with van der Waals surface area (Å²) >= 11 is 1.67. The fourth-order valence-electron chi connectivity index (χ4n) is 3.05. The van der Waals surface area contributed by atoms with Crippen molar-refractivity contribution in [2.24, 2.45) is 0 Å². The van der Waals surface area contributed by atoms with Crippen molar-refractivity contribution in [3.8, 4) is 0 Å². The molecule has 1 aliphatic rings. The maximum absolute atomic E-state index is 12.7. The van der Waals surface area contributed by atoms with Gasteiger partial charge in [-0.1, -0.05) is 12.5 Å². The molecule has 1 amide bonds. The first-order chi connectivity index (χ1) is 13.0. The van der Waals surface area contributed by atoms with E-state index in [0.29, 0.717) is 18.8 Å². The summed E-state index contributed by atoms with van der Waals surface area (Å²) in [5.74, 6) is -0.0989. The van der Waals surface area contributed by atoms with Gasteiger partial charge in [0.2, 0.25) is 10.0 Å². The number of benzene rings is 1. The smallest absolute Gasteiger partial charge is 0.282 e. The van der Waals surface area contributed by atoms with Gasteiger partial charge in [-0.25, -0.2) is 8.42 Å². The SMILES string of the molecule is C[C@@H]([NH2+]Cc1cccs1)C(=O)Nc1ccc(S(=O)(=O)N2CCCCC2)cc1. The molecule has 146 valence electrons. The number of thiophene rings is 1. The minimum absolute atomic E-state index is 0.0989. The van der Waals surface area contributed by atoms with Crippen LogP contribution in [0.25, 0.3) is 0 Å². The van der Waals surface area contributed by atoms with Crippen molar-refractivity contribution in [2.45, 2.75) is 43.7 Å². The molecule has 3 N–H and O–H groups in total. The van der Waals surface area contributed by atoms with E-state index >= 15 is 0 Å². The zero-order valence-electron chi connectivity index (χ0n) is 15.4. The lowest BCUT2D eigenvalue weighted by Gasteiger charge is -2.25. The number of carbonyl (C=O) groups is 1. The minimum atomic E-state index is -3.44. The summed E-state index contributed by atoms with van der Waals surface area (Å²) in [7, 11) is -3.44. The predicted molar refractivity (Wildman–Crippen MR) is 107 cm³/mol. The van der Waals surface area contributed by atoms with E-state index in [1.165, 1.54) is 4.88 Å². The molecule has 2 heterocycles. The molecule has 1 saturated heterocycles. The van der Waals surface area contributed by atoms with Crippen molar-refractivity contribution in [1.82, 2.24) is 4.31 Å². The van der Waals surface area contributed by atoms with Crippen molar-refractivity contribution < 1.29 is 18.5 Å². The van der Waals surface area contributed by atoms with Crippen LogP contribution in [0, 0.1) is 0 Å². The maximum atomic E-state index is 12.7. The lowest BCUT2D eigenvalue weighted by atomic mass is 10.2. The van der Waals surface area contributed by atoms with Crippen LogP contribution in [-0.4, -0.2) is 37.8 Å². The van der Waals surface area contributed by atoms with Gasteiger partial charge in [0.25, 0.3) is 5.91 Å². The minimum Gasteiger partial charge on any atom is -0.332 e. The molecule has 27 heavy (non-hydrogen) atoms. The highest BCUT2D eigenvalue weighted by molar-refractivity contribution is 7.89. The number of amides is 1. The van der Waals surface area contributed by atoms with Gasteiger partial charge in [0.15, 0.2) is 6.04 Å². The molecule has 1 aromatic carbocycles. The highest BCUT2D eigenvalue weighted by Gasteiger charge is 2.26. The quantitative estimate of drug-likeness (QED) is 0.735. The summed E-state index contributed by atoms with van der Waals surface area (Å²) in [6.45, 7) is 3.79. The highest BCUT2D eigenvalue weighted by Crippen LogP contribution is 2.22. The molecular formula is C19H26N3O3S2+. The van der Waals surface area contributed by atoms with Crippen molar-refractivity contribution in [1.29, 1.82) is 0 Å². The normalized spacial score (nSPS) is 16.8. The first kappa shape index (κ1) is 20.0. The van der Waals surface area contributed by atoms with Crippen LogP contribution in [-0.2, 0) is 21.4 Å². The summed E-state index contributed by atoms with van der Waals surface area (Å²) < 4.78 is 26.9. The van der Waals surface area contributed by atoms with Gasteiger partial charge in [-0.15, -0.1) is 11.3 Å². The fraction of sp³-hybridized carbons (Fsp3) is 0.421. The van der Waals surface area contributed by atoms with Crippen molar-refractivity contribution in [3.05, 3.63) is 46.7 Å². The number of nitrogens with one attached hydrogen (secondary N) is 1. The number of sulfonamides is 1. The van der Waals surface area contributed by atoms with Crippen LogP contribution < -0.4 is 10.6 Å². The Labute approximate surface area is 164 Å². The zero-order chi connectivity index (χ0) is 19.3. The number of carbonyl (C=O) groups excluding carboxylic acids is 1. The Bertz CT molecular complexity index is 843. The average molecular weight is 409 g/mol. The van der Waals surface area contributed by atoms with Gasteiger partial charge in [0.1, 0.15) is 6.54 Å². The molecule has 0 aliphatic carbocycles. The molecule has 1 fully saturated rings. The van der Waals surface area contributed by atoms with E-state index in [9.17, 15) is 13.2 Å². The lowest BCUT2D eigenvalue weighted by molar-refractivity contribution is -0.688. The summed E-state index contributed by atoms with van der Waals surface area (Å²) in [4.78, 5) is 13.8. The first-order valence-corrected chi connectivity index (χ1v) is 11.6. The van der Waals surface area contributed by atoms with E-state index in [4.69, 9.17) is 0 Å². The van der Waals surface area contributed by atoms with Gasteiger partial charge in [0, 0.05) is 18.8 Å². The molecule has 2 aromatic rings. The van der Waals surface area contributed by atoms with Crippen LogP contribution in [0.15, 0.2) is 46.7 Å². The van der Waals surface area contributed by atoms with E-state index in [-0.39, 0.29) is 16.8 Å². The number of anilines is 1. The molecule has 0 bridgehead atoms. The molecule has 0 saturated carbocycles. The molecule has 8 heteroatoms. The Kier molecular flexibility index (Phi) is 6.64. The second-order valence-corrected chi connectivity index (χ2v) is 9.76. The number of nitrogens with zero attached hydrogens (tertiary/aromatic N) is 1. The van der Waals surface area contributed by atoms with Crippen molar-refractivity contribution >= 4 is 33.0 Å². The summed E-state index contributed by atoms with van der Waals surface area (Å²) in [5, 5.41) is 6.86. The molecule has 0 unspecified atom stereocenters. The highest BCUT2D eigenvalue weighted by atomic mass is 32.2. The topological polar surface area (TPSA) is 83.1 Å². The standard InChI is InChI=1S/C19H25N3O3S2/c1-15(20-14-17-6-5-13-26-17)19(23)21-16-7-9-18(10-8-16)27(24,25)22-11-3-2-4-12-22/h5-10,13,15,20H,2-4,11-12,14H2,1H3,(H,21,23)/p+1/t15-/m1/s1. The van der Waals surface area contributed by atoms with E-state index in [2.05, 4.69) is 5.32 Å². The second kappa shape index (κ2) is 8.97. The maximum Gasteiger partial charge on any atom is 0.282 e. The molecule has 0 spiro atoms. The lowest BCUT2D eigenvalue weighted by Crippen LogP contribution is -2.90. The van der Waals surface area contributed by atoms with E-state index in [1.807, 2.05) is 29.8 Å². The Morgan fingerprint density at radius 1 is 1.19 bits per heavy atom. The summed E-state index contributed by atoms with van der Waals surface area (Å²) in [6.07, 6.45) is 2.90. The van der Waals surface area contributed by atoms with E-state index < -0.39 is 10.0 Å². The molecule has 0 radical (unpaired) electrons. The monoisotopic (exact) mass is 408 g/mol. The number of rotatable bonds is 7.